The van der Waals surface area contributed by atoms with Crippen molar-refractivity contribution in [1.29, 1.82) is 0 Å². The van der Waals surface area contributed by atoms with Crippen LogP contribution in [0.4, 0.5) is 26.3 Å². The highest BCUT2D eigenvalue weighted by Crippen LogP contribution is 2.46. The van der Waals surface area contributed by atoms with Crippen molar-refractivity contribution in [3.05, 3.63) is 82.9 Å². The Morgan fingerprint density at radius 3 is 1.46 bits per heavy atom. The zero-order valence-electron chi connectivity index (χ0n) is 42.9. The summed E-state index contributed by atoms with van der Waals surface area (Å²) >= 11 is 0. The summed E-state index contributed by atoms with van der Waals surface area (Å²) in [6.07, 6.45) is 0.311. The number of nitrogens with one attached hydrogen (secondary N) is 1. The molecule has 9 nitrogen and oxygen atoms in total. The molecule has 0 aromatic heterocycles. The van der Waals surface area contributed by atoms with Crippen LogP contribution in [0, 0.1) is 22.7 Å². The van der Waals surface area contributed by atoms with Gasteiger partial charge in [-0.25, -0.2) is 0 Å². The van der Waals surface area contributed by atoms with E-state index in [2.05, 4.69) is 51.6 Å². The van der Waals surface area contributed by atoms with Crippen molar-refractivity contribution in [2.75, 3.05) is 26.3 Å². The van der Waals surface area contributed by atoms with Crippen LogP contribution >= 0.6 is 0 Å². The number of fused-ring (bicyclic) bond motifs is 2. The van der Waals surface area contributed by atoms with Gasteiger partial charge in [-0.2, -0.15) is 26.3 Å². The van der Waals surface area contributed by atoms with Crippen molar-refractivity contribution < 1.29 is 59.7 Å². The number of carbonyl (C=O) groups is 3. The lowest BCUT2D eigenvalue weighted by molar-refractivity contribution is -0.144. The molecule has 2 fully saturated rings. The molecule has 15 heteroatoms. The number of alkyl halides is 6. The summed E-state index contributed by atoms with van der Waals surface area (Å²) in [5.41, 5.74) is 5.37. The zero-order valence-corrected chi connectivity index (χ0v) is 42.9. The molecule has 6 rings (SSSR count). The number of carbonyl (C=O) groups excluding carboxylic acids is 3. The fraction of sp³-hybridized carbons (Fsp3) is 0.589. The number of aldehydes is 1. The van der Waals surface area contributed by atoms with Crippen LogP contribution in [0.2, 0.25) is 0 Å². The van der Waals surface area contributed by atoms with Crippen molar-refractivity contribution >= 4 is 39.8 Å². The van der Waals surface area contributed by atoms with E-state index in [4.69, 9.17) is 19.9 Å². The Labute approximate surface area is 416 Å². The average molecular weight is 1000 g/mol. The van der Waals surface area contributed by atoms with Crippen LogP contribution in [0.15, 0.2) is 60.7 Å². The van der Waals surface area contributed by atoms with Crippen LogP contribution < -0.4 is 20.5 Å². The molecule has 71 heavy (non-hydrogen) atoms. The third kappa shape index (κ3) is 18.3. The molecule has 0 bridgehead atoms. The highest BCUT2D eigenvalue weighted by Gasteiger charge is 2.40. The predicted octanol–water partition coefficient (Wildman–Crippen LogP) is 14.2. The van der Waals surface area contributed by atoms with Crippen LogP contribution in [0.5, 0.6) is 11.5 Å². The predicted molar refractivity (Wildman–Crippen MR) is 267 cm³/mol. The number of hydrogen-bond donors (Lipinski definition) is 2. The molecule has 394 valence electrons. The molecule has 0 unspecified atom stereocenters. The molecule has 2 saturated carbocycles. The smallest absolute Gasteiger partial charge is 0.420 e. The van der Waals surface area contributed by atoms with Crippen molar-refractivity contribution in [2.45, 2.75) is 164 Å². The van der Waals surface area contributed by atoms with Gasteiger partial charge in [-0.3, -0.25) is 14.4 Å². The summed E-state index contributed by atoms with van der Waals surface area (Å²) in [6, 6.07) is 15.4. The van der Waals surface area contributed by atoms with E-state index >= 15 is 0 Å². The number of hydrogen-bond acceptors (Lipinski definition) is 9. The summed E-state index contributed by atoms with van der Waals surface area (Å²) in [5, 5.41) is 4.37. The van der Waals surface area contributed by atoms with E-state index in [0.29, 0.717) is 86.6 Å². The number of rotatable bonds is 16. The molecule has 2 aliphatic carbocycles. The van der Waals surface area contributed by atoms with Crippen LogP contribution in [0.25, 0.3) is 21.5 Å². The SMILES string of the molecule is CC(C)(C)C1CCC(Oc2ccc3cc(C=O)ccc3c2C(F)(F)F)CC1.CCOC(=O)CCCN.CCOC(=O)CCCNCc1ccc2c(C(F)(F)F)c(OC3CCC(C(C)(C)C)CC3)ccc2c1. The molecule has 0 radical (unpaired) electrons. The lowest BCUT2D eigenvalue weighted by Crippen LogP contribution is -2.31. The maximum Gasteiger partial charge on any atom is 0.420 e. The van der Waals surface area contributed by atoms with E-state index in [1.54, 1.807) is 38.1 Å². The van der Waals surface area contributed by atoms with Gasteiger partial charge in [0.05, 0.1) is 25.4 Å². The monoisotopic (exact) mass is 1000 g/mol. The molecule has 0 heterocycles. The first-order valence-corrected chi connectivity index (χ1v) is 25.2. The lowest BCUT2D eigenvalue weighted by Gasteiger charge is -2.37. The fourth-order valence-corrected chi connectivity index (χ4v) is 9.41. The zero-order chi connectivity index (χ0) is 52.6. The second-order valence-electron chi connectivity index (χ2n) is 20.7. The first kappa shape index (κ1) is 58.7. The summed E-state index contributed by atoms with van der Waals surface area (Å²) in [6.45, 7) is 19.4. The Bertz CT molecular complexity index is 2320. The van der Waals surface area contributed by atoms with Gasteiger partial charge < -0.3 is 30.0 Å². The van der Waals surface area contributed by atoms with Gasteiger partial charge in [0.2, 0.25) is 0 Å². The van der Waals surface area contributed by atoms with E-state index in [1.807, 2.05) is 0 Å². The molecule has 3 N–H and O–H groups in total. The molecule has 0 aliphatic heterocycles. The van der Waals surface area contributed by atoms with Crippen molar-refractivity contribution in [3.8, 4) is 11.5 Å². The van der Waals surface area contributed by atoms with Crippen LogP contribution in [0.1, 0.15) is 159 Å². The summed E-state index contributed by atoms with van der Waals surface area (Å²) in [4.78, 5) is 32.8. The Morgan fingerprint density at radius 1 is 0.620 bits per heavy atom. The summed E-state index contributed by atoms with van der Waals surface area (Å²) in [5.74, 6) is 0.570. The average Bonchev–Trinajstić information content (AvgIpc) is 3.30. The molecule has 2 aliphatic rings. The number of nitrogens with two attached hydrogens (primary N) is 1. The minimum Gasteiger partial charge on any atom is -0.490 e. The van der Waals surface area contributed by atoms with Crippen LogP contribution in [0.3, 0.4) is 0 Å². The number of halogens is 6. The minimum absolute atomic E-state index is 0.0639. The second-order valence-corrected chi connectivity index (χ2v) is 20.7. The van der Waals surface area contributed by atoms with E-state index in [9.17, 15) is 40.7 Å². The largest absolute Gasteiger partial charge is 0.490 e. The highest BCUT2D eigenvalue weighted by molar-refractivity contribution is 5.93. The molecular formula is C56H76F6N2O7. The normalized spacial score (nSPS) is 18.6. The van der Waals surface area contributed by atoms with Gasteiger partial charge in [0.15, 0.2) is 0 Å². The fourth-order valence-electron chi connectivity index (χ4n) is 9.41. The number of esters is 2. The quantitative estimate of drug-likeness (QED) is 0.0488. The Hall–Kier alpha value is -4.89. The molecule has 0 atom stereocenters. The van der Waals surface area contributed by atoms with Crippen molar-refractivity contribution in [3.63, 3.8) is 0 Å². The Kier molecular flexibility index (Phi) is 22.1. The first-order valence-electron chi connectivity index (χ1n) is 25.2. The summed E-state index contributed by atoms with van der Waals surface area (Å²) < 4.78 is 105. The maximum absolute atomic E-state index is 14.1. The molecule has 0 spiro atoms. The van der Waals surface area contributed by atoms with Gasteiger partial charge >= 0.3 is 24.3 Å². The number of benzene rings is 4. The molecule has 0 saturated heterocycles. The van der Waals surface area contributed by atoms with Crippen molar-refractivity contribution in [2.24, 2.45) is 28.4 Å². The maximum atomic E-state index is 14.1. The van der Waals surface area contributed by atoms with Gasteiger partial charge in [0, 0.05) is 24.9 Å². The molecule has 0 amide bonds. The Balaban J connectivity index is 0.000000269. The van der Waals surface area contributed by atoms with Crippen LogP contribution in [-0.2, 0) is 38.0 Å². The van der Waals surface area contributed by atoms with Gasteiger partial charge in [0.25, 0.3) is 0 Å². The van der Waals surface area contributed by atoms with E-state index < -0.39 is 23.5 Å². The minimum atomic E-state index is -4.53. The first-order chi connectivity index (χ1) is 33.4. The Morgan fingerprint density at radius 2 is 1.06 bits per heavy atom. The second kappa shape index (κ2) is 26.7. The van der Waals surface area contributed by atoms with E-state index in [-0.39, 0.29) is 57.2 Å². The summed E-state index contributed by atoms with van der Waals surface area (Å²) in [7, 11) is 0. The molecular weight excluding hydrogens is 927 g/mol. The third-order valence-electron chi connectivity index (χ3n) is 13.4. The van der Waals surface area contributed by atoms with Gasteiger partial charge in [0.1, 0.15) is 28.9 Å². The standard InChI is InChI=1S/C28H38F3NO3.C22H25F3O2.C6H13NO2/c1-5-34-25(33)7-6-16-32-18-19-8-14-23-20(17-19)9-15-24(26(23)28(29,30)31)35-22-12-10-21(11-13-22)27(2,3)4;1-21(2,3)16-6-8-17(9-7-16)27-19-11-5-15-12-14(13-26)4-10-18(15)20(19)22(23,24)25;1-2-9-6(8)4-3-5-7/h8-9,14-15,17,21-22,32H,5-7,10-13,16,18H2,1-4H3;4-5,10-13,16-17H,6-9H2,1-3H3;2-5,7H2,1H3. The molecule has 4 aromatic carbocycles. The van der Waals surface area contributed by atoms with E-state index in [1.165, 1.54) is 36.4 Å². The van der Waals surface area contributed by atoms with E-state index in [0.717, 1.165) is 63.4 Å². The topological polar surface area (TPSA) is 126 Å². The lowest BCUT2D eigenvalue weighted by atomic mass is 9.72. The third-order valence-corrected chi connectivity index (χ3v) is 13.4. The number of ether oxygens (including phenoxy) is 4. The highest BCUT2D eigenvalue weighted by atomic mass is 19.4. The van der Waals surface area contributed by atoms with Crippen molar-refractivity contribution in [1.82, 2.24) is 5.32 Å². The van der Waals surface area contributed by atoms with Crippen LogP contribution in [-0.4, -0.2) is 56.7 Å². The van der Waals surface area contributed by atoms with Gasteiger partial charge in [-0.05, 0) is 165 Å². The van der Waals surface area contributed by atoms with Gasteiger partial charge in [-0.15, -0.1) is 0 Å². The van der Waals surface area contributed by atoms with Gasteiger partial charge in [-0.1, -0.05) is 77.9 Å². The molecule has 4 aromatic rings.